The second kappa shape index (κ2) is 8.67. The molecule has 0 saturated heterocycles. The Labute approximate surface area is 130 Å². The highest BCUT2D eigenvalue weighted by Gasteiger charge is 2.26. The van der Waals surface area contributed by atoms with E-state index >= 15 is 0 Å². The predicted octanol–water partition coefficient (Wildman–Crippen LogP) is 1.64. The van der Waals surface area contributed by atoms with Crippen molar-refractivity contribution in [3.05, 3.63) is 29.8 Å². The van der Waals surface area contributed by atoms with E-state index in [0.29, 0.717) is 11.3 Å². The van der Waals surface area contributed by atoms with Crippen molar-refractivity contribution < 1.29 is 19.1 Å². The van der Waals surface area contributed by atoms with Crippen LogP contribution in [0.1, 0.15) is 25.8 Å². The number of ether oxygens (including phenoxy) is 2. The van der Waals surface area contributed by atoms with E-state index in [-0.39, 0.29) is 12.5 Å². The van der Waals surface area contributed by atoms with Crippen molar-refractivity contribution in [1.29, 1.82) is 5.26 Å². The third-order valence-electron chi connectivity index (χ3n) is 3.35. The van der Waals surface area contributed by atoms with Crippen molar-refractivity contribution >= 4 is 11.9 Å². The van der Waals surface area contributed by atoms with Gasteiger partial charge in [0.25, 0.3) is 5.91 Å². The number of nitrogens with one attached hydrogen (secondary N) is 1. The molecule has 0 aliphatic rings. The summed E-state index contributed by atoms with van der Waals surface area (Å²) >= 11 is 0. The molecule has 1 N–H and O–H groups in total. The van der Waals surface area contributed by atoms with Gasteiger partial charge in [-0.05, 0) is 18.1 Å². The lowest BCUT2D eigenvalue weighted by molar-refractivity contribution is -0.146. The number of hydrogen-bond acceptors (Lipinski definition) is 5. The van der Waals surface area contributed by atoms with Gasteiger partial charge < -0.3 is 14.8 Å². The molecule has 2 atom stereocenters. The van der Waals surface area contributed by atoms with Crippen LogP contribution in [-0.2, 0) is 14.3 Å². The Morgan fingerprint density at radius 3 is 2.64 bits per heavy atom. The molecule has 6 nitrogen and oxygen atoms in total. The van der Waals surface area contributed by atoms with Crippen LogP contribution >= 0.6 is 0 Å². The maximum absolute atomic E-state index is 11.9. The van der Waals surface area contributed by atoms with Gasteiger partial charge in [0.2, 0.25) is 0 Å². The van der Waals surface area contributed by atoms with Crippen molar-refractivity contribution in [2.24, 2.45) is 5.92 Å². The van der Waals surface area contributed by atoms with Crippen LogP contribution in [0.25, 0.3) is 0 Å². The Hall–Kier alpha value is -2.55. The summed E-state index contributed by atoms with van der Waals surface area (Å²) in [6, 6.07) is 7.91. The Balaban J connectivity index is 2.65. The fourth-order valence-electron chi connectivity index (χ4n) is 1.84. The Bertz CT molecular complexity index is 566. The largest absolute Gasteiger partial charge is 0.482 e. The SMILES string of the molecule is CCC(C)C(NC(=O)COc1ccccc1C#N)C(=O)OC. The number of nitriles is 1. The van der Waals surface area contributed by atoms with Gasteiger partial charge in [-0.15, -0.1) is 0 Å². The quantitative estimate of drug-likeness (QED) is 0.774. The summed E-state index contributed by atoms with van der Waals surface area (Å²) in [5.41, 5.74) is 0.349. The average molecular weight is 304 g/mol. The summed E-state index contributed by atoms with van der Waals surface area (Å²) in [6.45, 7) is 3.50. The number of para-hydroxylation sites is 1. The lowest BCUT2D eigenvalue weighted by Gasteiger charge is -2.21. The molecule has 0 bridgehead atoms. The molecule has 0 aromatic heterocycles. The number of rotatable bonds is 7. The zero-order valence-electron chi connectivity index (χ0n) is 13.0. The van der Waals surface area contributed by atoms with Gasteiger partial charge in [0, 0.05) is 0 Å². The second-order valence-electron chi connectivity index (χ2n) is 4.85. The molecule has 2 unspecified atom stereocenters. The summed E-state index contributed by atoms with van der Waals surface area (Å²) in [6.07, 6.45) is 0.720. The van der Waals surface area contributed by atoms with Crippen molar-refractivity contribution in [3.8, 4) is 11.8 Å². The van der Waals surface area contributed by atoms with Crippen LogP contribution in [0.3, 0.4) is 0 Å². The number of nitrogens with zero attached hydrogens (tertiary/aromatic N) is 1. The molecule has 1 rings (SSSR count). The fraction of sp³-hybridized carbons (Fsp3) is 0.438. The zero-order chi connectivity index (χ0) is 16.5. The van der Waals surface area contributed by atoms with E-state index in [2.05, 4.69) is 5.32 Å². The predicted molar refractivity (Wildman–Crippen MR) is 80.1 cm³/mol. The van der Waals surface area contributed by atoms with Gasteiger partial charge in [-0.2, -0.15) is 5.26 Å². The third-order valence-corrected chi connectivity index (χ3v) is 3.35. The molecule has 0 spiro atoms. The summed E-state index contributed by atoms with van der Waals surface area (Å²) in [7, 11) is 1.28. The van der Waals surface area contributed by atoms with Gasteiger partial charge in [-0.1, -0.05) is 32.4 Å². The van der Waals surface area contributed by atoms with Crippen LogP contribution in [0.4, 0.5) is 0 Å². The molecule has 0 heterocycles. The Morgan fingerprint density at radius 1 is 1.36 bits per heavy atom. The molecule has 0 fully saturated rings. The first-order valence-corrected chi connectivity index (χ1v) is 7.02. The minimum absolute atomic E-state index is 0.0530. The zero-order valence-corrected chi connectivity index (χ0v) is 13.0. The van der Waals surface area contributed by atoms with Crippen LogP contribution < -0.4 is 10.1 Å². The van der Waals surface area contributed by atoms with E-state index in [1.807, 2.05) is 19.9 Å². The first kappa shape index (κ1) is 17.5. The summed E-state index contributed by atoms with van der Waals surface area (Å²) in [5, 5.41) is 11.6. The van der Waals surface area contributed by atoms with Crippen molar-refractivity contribution in [2.75, 3.05) is 13.7 Å². The van der Waals surface area contributed by atoms with Gasteiger partial charge in [0.05, 0.1) is 12.7 Å². The van der Waals surface area contributed by atoms with E-state index in [1.54, 1.807) is 24.3 Å². The molecular formula is C16H20N2O4. The topological polar surface area (TPSA) is 88.4 Å². The van der Waals surface area contributed by atoms with Crippen LogP contribution in [0.2, 0.25) is 0 Å². The molecule has 1 aromatic rings. The molecule has 1 aromatic carbocycles. The van der Waals surface area contributed by atoms with E-state index in [0.717, 1.165) is 6.42 Å². The molecule has 1 amide bonds. The van der Waals surface area contributed by atoms with Gasteiger partial charge in [0.1, 0.15) is 17.9 Å². The summed E-state index contributed by atoms with van der Waals surface area (Å²) < 4.78 is 10.0. The fourth-order valence-corrected chi connectivity index (χ4v) is 1.84. The number of carbonyl (C=O) groups is 2. The van der Waals surface area contributed by atoms with Crippen molar-refractivity contribution in [3.63, 3.8) is 0 Å². The highest BCUT2D eigenvalue weighted by Crippen LogP contribution is 2.16. The number of hydrogen-bond donors (Lipinski definition) is 1. The highest BCUT2D eigenvalue weighted by atomic mass is 16.5. The van der Waals surface area contributed by atoms with E-state index in [4.69, 9.17) is 14.7 Å². The second-order valence-corrected chi connectivity index (χ2v) is 4.85. The van der Waals surface area contributed by atoms with Gasteiger partial charge in [-0.25, -0.2) is 4.79 Å². The normalized spacial score (nSPS) is 12.6. The average Bonchev–Trinajstić information content (AvgIpc) is 2.56. The number of methoxy groups -OCH3 is 1. The van der Waals surface area contributed by atoms with E-state index in [9.17, 15) is 9.59 Å². The lowest BCUT2D eigenvalue weighted by atomic mass is 9.99. The molecule has 22 heavy (non-hydrogen) atoms. The van der Waals surface area contributed by atoms with Gasteiger partial charge in [-0.3, -0.25) is 4.79 Å². The maximum atomic E-state index is 11.9. The van der Waals surface area contributed by atoms with Crippen LogP contribution in [-0.4, -0.2) is 31.6 Å². The van der Waals surface area contributed by atoms with Crippen LogP contribution in [0.15, 0.2) is 24.3 Å². The third kappa shape index (κ3) is 4.77. The Morgan fingerprint density at radius 2 is 2.05 bits per heavy atom. The molecule has 0 aliphatic carbocycles. The standard InChI is InChI=1S/C16H20N2O4/c1-4-11(2)15(16(20)21-3)18-14(19)10-22-13-8-6-5-7-12(13)9-17/h5-8,11,15H,4,10H2,1-3H3,(H,18,19). The summed E-state index contributed by atoms with van der Waals surface area (Å²) in [5.74, 6) is -0.648. The molecule has 0 aliphatic heterocycles. The smallest absolute Gasteiger partial charge is 0.328 e. The van der Waals surface area contributed by atoms with Crippen molar-refractivity contribution in [1.82, 2.24) is 5.32 Å². The van der Waals surface area contributed by atoms with Crippen LogP contribution in [0, 0.1) is 17.2 Å². The molecule has 6 heteroatoms. The minimum Gasteiger partial charge on any atom is -0.482 e. The van der Waals surface area contributed by atoms with Gasteiger partial charge >= 0.3 is 5.97 Å². The van der Waals surface area contributed by atoms with E-state index < -0.39 is 17.9 Å². The number of amides is 1. The number of benzene rings is 1. The Kier molecular flexibility index (Phi) is 6.90. The van der Waals surface area contributed by atoms with Gasteiger partial charge in [0.15, 0.2) is 6.61 Å². The molecular weight excluding hydrogens is 284 g/mol. The first-order valence-electron chi connectivity index (χ1n) is 7.02. The molecule has 0 radical (unpaired) electrons. The maximum Gasteiger partial charge on any atom is 0.328 e. The number of esters is 1. The highest BCUT2D eigenvalue weighted by molar-refractivity contribution is 5.85. The minimum atomic E-state index is -0.711. The lowest BCUT2D eigenvalue weighted by Crippen LogP contribution is -2.47. The summed E-state index contributed by atoms with van der Waals surface area (Å²) in [4.78, 5) is 23.6. The first-order chi connectivity index (χ1) is 10.5. The van der Waals surface area contributed by atoms with Crippen LogP contribution in [0.5, 0.6) is 5.75 Å². The van der Waals surface area contributed by atoms with Crippen molar-refractivity contribution in [2.45, 2.75) is 26.3 Å². The monoisotopic (exact) mass is 304 g/mol. The number of carbonyl (C=O) groups excluding carboxylic acids is 2. The molecule has 118 valence electrons. The molecule has 0 saturated carbocycles. The van der Waals surface area contributed by atoms with E-state index in [1.165, 1.54) is 7.11 Å².